The van der Waals surface area contributed by atoms with Gasteiger partial charge in [-0.3, -0.25) is 0 Å². The highest BCUT2D eigenvalue weighted by atomic mass is 35.5. The van der Waals surface area contributed by atoms with E-state index in [0.717, 1.165) is 23.4 Å². The number of aliphatic hydroxyl groups is 1. The number of halogens is 2. The first-order valence-corrected chi connectivity index (χ1v) is 4.06. The van der Waals surface area contributed by atoms with Crippen molar-refractivity contribution in [1.29, 1.82) is 0 Å². The summed E-state index contributed by atoms with van der Waals surface area (Å²) in [5.74, 6) is 0. The molecule has 1 aromatic rings. The Morgan fingerprint density at radius 2 is 1.92 bits per heavy atom. The smallest absolute Gasteiger partial charge is 0.0437 e. The van der Waals surface area contributed by atoms with Crippen molar-refractivity contribution in [2.75, 3.05) is 6.61 Å². The summed E-state index contributed by atoms with van der Waals surface area (Å²) in [6, 6.07) is 7.72. The standard InChI is InChI=1S/C9H11ClO.ClH/c10-9-6-2-1-4-8(9)5-3-7-11;/h1-2,4,6,11H,3,5,7H2;1H. The van der Waals surface area contributed by atoms with Gasteiger partial charge in [0.25, 0.3) is 0 Å². The normalized spacial score (nSPS) is 9.17. The van der Waals surface area contributed by atoms with Crippen molar-refractivity contribution in [3.05, 3.63) is 34.9 Å². The molecule has 68 valence electrons. The summed E-state index contributed by atoms with van der Waals surface area (Å²) in [5.41, 5.74) is 1.11. The third-order valence-electron chi connectivity index (χ3n) is 1.56. The van der Waals surface area contributed by atoms with E-state index in [4.69, 9.17) is 16.7 Å². The monoisotopic (exact) mass is 206 g/mol. The lowest BCUT2D eigenvalue weighted by molar-refractivity contribution is 0.288. The van der Waals surface area contributed by atoms with Gasteiger partial charge in [-0.15, -0.1) is 12.4 Å². The summed E-state index contributed by atoms with van der Waals surface area (Å²) in [7, 11) is 0. The minimum Gasteiger partial charge on any atom is -0.396 e. The Labute approximate surface area is 83.8 Å². The minimum absolute atomic E-state index is 0. The molecule has 0 aliphatic heterocycles. The van der Waals surface area contributed by atoms with Crippen molar-refractivity contribution < 1.29 is 5.11 Å². The highest BCUT2D eigenvalue weighted by Crippen LogP contribution is 2.15. The Bertz CT molecular complexity index is 226. The van der Waals surface area contributed by atoms with Crippen molar-refractivity contribution in [3.63, 3.8) is 0 Å². The molecule has 0 saturated carbocycles. The van der Waals surface area contributed by atoms with Gasteiger partial charge in [-0.05, 0) is 24.5 Å². The first-order chi connectivity index (χ1) is 5.34. The minimum atomic E-state index is 0. The molecule has 0 radical (unpaired) electrons. The van der Waals surface area contributed by atoms with E-state index in [-0.39, 0.29) is 19.0 Å². The number of rotatable bonds is 3. The van der Waals surface area contributed by atoms with Crippen LogP contribution in [0.5, 0.6) is 0 Å². The van der Waals surface area contributed by atoms with Crippen LogP contribution in [0.25, 0.3) is 0 Å². The highest BCUT2D eigenvalue weighted by Gasteiger charge is 1.96. The summed E-state index contributed by atoms with van der Waals surface area (Å²) in [4.78, 5) is 0. The second-order valence-electron chi connectivity index (χ2n) is 2.42. The fraction of sp³-hybridized carbons (Fsp3) is 0.333. The van der Waals surface area contributed by atoms with E-state index in [1.807, 2.05) is 24.3 Å². The summed E-state index contributed by atoms with van der Waals surface area (Å²) >= 11 is 5.88. The van der Waals surface area contributed by atoms with Gasteiger partial charge < -0.3 is 5.11 Å². The van der Waals surface area contributed by atoms with Gasteiger partial charge in [-0.25, -0.2) is 0 Å². The van der Waals surface area contributed by atoms with E-state index in [0.29, 0.717) is 0 Å². The zero-order chi connectivity index (χ0) is 8.10. The van der Waals surface area contributed by atoms with Gasteiger partial charge in [0.2, 0.25) is 0 Å². The van der Waals surface area contributed by atoms with Gasteiger partial charge in [0.05, 0.1) is 0 Å². The van der Waals surface area contributed by atoms with Crippen LogP contribution in [0.15, 0.2) is 24.3 Å². The van der Waals surface area contributed by atoms with Gasteiger partial charge in [0, 0.05) is 11.6 Å². The zero-order valence-electron chi connectivity index (χ0n) is 6.66. The first kappa shape index (κ1) is 11.8. The van der Waals surface area contributed by atoms with Gasteiger partial charge in [-0.1, -0.05) is 29.8 Å². The summed E-state index contributed by atoms with van der Waals surface area (Å²) in [6.45, 7) is 0.227. The third kappa shape index (κ3) is 3.44. The van der Waals surface area contributed by atoms with Crippen LogP contribution in [0.4, 0.5) is 0 Å². The molecule has 3 heteroatoms. The molecule has 0 heterocycles. The lowest BCUT2D eigenvalue weighted by Crippen LogP contribution is -1.89. The first-order valence-electron chi connectivity index (χ1n) is 3.69. The predicted octanol–water partition coefficient (Wildman–Crippen LogP) is 2.69. The number of hydrogen-bond acceptors (Lipinski definition) is 1. The molecule has 0 amide bonds. The van der Waals surface area contributed by atoms with Crippen molar-refractivity contribution in [1.82, 2.24) is 0 Å². The average Bonchev–Trinajstić information content (AvgIpc) is 2.03. The second kappa shape index (κ2) is 6.30. The topological polar surface area (TPSA) is 20.2 Å². The fourth-order valence-corrected chi connectivity index (χ4v) is 1.20. The number of aryl methyl sites for hydroxylation is 1. The van der Waals surface area contributed by atoms with Crippen LogP contribution >= 0.6 is 24.0 Å². The van der Waals surface area contributed by atoms with Gasteiger partial charge in [0.15, 0.2) is 0 Å². The molecule has 0 unspecified atom stereocenters. The second-order valence-corrected chi connectivity index (χ2v) is 2.83. The van der Waals surface area contributed by atoms with E-state index >= 15 is 0 Å². The molecule has 0 aliphatic carbocycles. The fourth-order valence-electron chi connectivity index (χ4n) is 0.971. The molecule has 0 aromatic heterocycles. The van der Waals surface area contributed by atoms with Crippen molar-refractivity contribution in [3.8, 4) is 0 Å². The third-order valence-corrected chi connectivity index (χ3v) is 1.93. The quantitative estimate of drug-likeness (QED) is 0.807. The van der Waals surface area contributed by atoms with Crippen molar-refractivity contribution >= 4 is 24.0 Å². The molecule has 0 spiro atoms. The van der Waals surface area contributed by atoms with E-state index in [2.05, 4.69) is 0 Å². The molecular weight excluding hydrogens is 195 g/mol. The molecule has 0 bridgehead atoms. The maximum absolute atomic E-state index is 8.58. The van der Waals surface area contributed by atoms with Crippen LogP contribution in [0, 0.1) is 0 Å². The van der Waals surface area contributed by atoms with Crippen molar-refractivity contribution in [2.24, 2.45) is 0 Å². The van der Waals surface area contributed by atoms with E-state index in [9.17, 15) is 0 Å². The Kier molecular flexibility index (Phi) is 6.17. The van der Waals surface area contributed by atoms with E-state index in [1.54, 1.807) is 0 Å². The Morgan fingerprint density at radius 1 is 1.25 bits per heavy atom. The van der Waals surface area contributed by atoms with Crippen LogP contribution < -0.4 is 0 Å². The van der Waals surface area contributed by atoms with Crippen LogP contribution in [0.1, 0.15) is 12.0 Å². The number of aliphatic hydroxyl groups excluding tert-OH is 1. The van der Waals surface area contributed by atoms with Crippen LogP contribution in [-0.2, 0) is 6.42 Å². The van der Waals surface area contributed by atoms with Gasteiger partial charge in [0.1, 0.15) is 0 Å². The molecule has 0 saturated heterocycles. The maximum atomic E-state index is 8.58. The van der Waals surface area contributed by atoms with Crippen molar-refractivity contribution in [2.45, 2.75) is 12.8 Å². The van der Waals surface area contributed by atoms with Gasteiger partial charge in [-0.2, -0.15) is 0 Å². The molecule has 1 aromatic carbocycles. The number of benzene rings is 1. The lowest BCUT2D eigenvalue weighted by atomic mass is 10.1. The molecule has 1 N–H and O–H groups in total. The summed E-state index contributed by atoms with van der Waals surface area (Å²) in [5, 5.41) is 9.37. The molecule has 0 fully saturated rings. The molecule has 0 aliphatic rings. The summed E-state index contributed by atoms with van der Waals surface area (Å²) in [6.07, 6.45) is 1.64. The SMILES string of the molecule is Cl.OCCCc1ccccc1Cl. The Balaban J connectivity index is 0.00000121. The van der Waals surface area contributed by atoms with E-state index < -0.39 is 0 Å². The van der Waals surface area contributed by atoms with E-state index in [1.165, 1.54) is 0 Å². The zero-order valence-corrected chi connectivity index (χ0v) is 8.24. The lowest BCUT2D eigenvalue weighted by Gasteiger charge is -2.00. The summed E-state index contributed by atoms with van der Waals surface area (Å²) < 4.78 is 0. The largest absolute Gasteiger partial charge is 0.396 e. The number of hydrogen-bond donors (Lipinski definition) is 1. The highest BCUT2D eigenvalue weighted by molar-refractivity contribution is 6.31. The van der Waals surface area contributed by atoms with Gasteiger partial charge >= 0.3 is 0 Å². The Hall–Kier alpha value is -0.240. The Morgan fingerprint density at radius 3 is 2.50 bits per heavy atom. The molecular formula is C9H12Cl2O. The molecule has 1 nitrogen and oxygen atoms in total. The average molecular weight is 207 g/mol. The maximum Gasteiger partial charge on any atom is 0.0437 e. The predicted molar refractivity (Wildman–Crippen MR) is 54.1 cm³/mol. The molecule has 0 atom stereocenters. The van der Waals surface area contributed by atoms with Crippen LogP contribution in [0.3, 0.4) is 0 Å². The van der Waals surface area contributed by atoms with Crippen LogP contribution in [-0.4, -0.2) is 11.7 Å². The molecule has 12 heavy (non-hydrogen) atoms. The van der Waals surface area contributed by atoms with Crippen LogP contribution in [0.2, 0.25) is 5.02 Å². The molecule has 1 rings (SSSR count).